The number of carbonyl (C=O) groups is 1. The van der Waals surface area contributed by atoms with Gasteiger partial charge < -0.3 is 14.9 Å². The van der Waals surface area contributed by atoms with E-state index < -0.39 is 5.60 Å². The molecule has 1 aliphatic carbocycles. The van der Waals surface area contributed by atoms with Gasteiger partial charge in [0.05, 0.1) is 18.7 Å². The lowest BCUT2D eigenvalue weighted by molar-refractivity contribution is -0.122. The molecule has 1 amide bonds. The number of amides is 1. The van der Waals surface area contributed by atoms with Crippen molar-refractivity contribution in [2.45, 2.75) is 38.7 Å². The van der Waals surface area contributed by atoms with E-state index in [0.717, 1.165) is 29.7 Å². The van der Waals surface area contributed by atoms with Crippen LogP contribution >= 0.6 is 0 Å². The van der Waals surface area contributed by atoms with Crippen molar-refractivity contribution in [2.24, 2.45) is 5.92 Å². The summed E-state index contributed by atoms with van der Waals surface area (Å²) < 4.78 is 5.08. The first-order valence-electron chi connectivity index (χ1n) is 7.97. The molecule has 0 bridgehead atoms. The molecule has 2 aromatic rings. The van der Waals surface area contributed by atoms with Crippen LogP contribution in [0.25, 0.3) is 0 Å². The molecule has 0 spiro atoms. The summed E-state index contributed by atoms with van der Waals surface area (Å²) in [7, 11) is 0. The lowest BCUT2D eigenvalue weighted by atomic mass is 9.88. The molecule has 1 fully saturated rings. The van der Waals surface area contributed by atoms with Crippen molar-refractivity contribution in [2.75, 3.05) is 6.54 Å². The summed E-state index contributed by atoms with van der Waals surface area (Å²) in [5, 5.41) is 17.8. The summed E-state index contributed by atoms with van der Waals surface area (Å²) >= 11 is 0. The van der Waals surface area contributed by atoms with Crippen LogP contribution in [0.3, 0.4) is 0 Å². The lowest BCUT2D eigenvalue weighted by Crippen LogP contribution is -2.43. The van der Waals surface area contributed by atoms with Crippen LogP contribution in [-0.4, -0.2) is 22.7 Å². The third kappa shape index (κ3) is 3.29. The van der Waals surface area contributed by atoms with Gasteiger partial charge in [-0.05, 0) is 38.2 Å². The summed E-state index contributed by atoms with van der Waals surface area (Å²) in [5.41, 5.74) is 1.42. The fraction of sp³-hybridized carbons (Fsp3) is 0.444. The molecule has 23 heavy (non-hydrogen) atoms. The molecule has 3 rings (SSSR count). The number of rotatable bonds is 6. The summed E-state index contributed by atoms with van der Waals surface area (Å²) in [6.45, 7) is 3.85. The summed E-state index contributed by atoms with van der Waals surface area (Å²) in [6, 6.07) is 9.58. The van der Waals surface area contributed by atoms with Gasteiger partial charge in [0.15, 0.2) is 0 Å². The van der Waals surface area contributed by atoms with E-state index in [9.17, 15) is 9.90 Å². The maximum absolute atomic E-state index is 12.2. The molecule has 1 aliphatic rings. The lowest BCUT2D eigenvalue weighted by Gasteiger charge is -2.29. The first kappa shape index (κ1) is 15.7. The average Bonchev–Trinajstić information content (AvgIpc) is 3.37. The van der Waals surface area contributed by atoms with Crippen molar-refractivity contribution < 1.29 is 14.4 Å². The Labute approximate surface area is 135 Å². The van der Waals surface area contributed by atoms with Crippen molar-refractivity contribution in [3.8, 4) is 0 Å². The number of carbonyl (C=O) groups excluding carboxylic acids is 1. The molecular weight excluding hydrogens is 292 g/mol. The van der Waals surface area contributed by atoms with Crippen LogP contribution in [0.4, 0.5) is 0 Å². The van der Waals surface area contributed by atoms with E-state index in [4.69, 9.17) is 4.52 Å². The van der Waals surface area contributed by atoms with Gasteiger partial charge in [-0.1, -0.05) is 35.5 Å². The van der Waals surface area contributed by atoms with Gasteiger partial charge in [0.1, 0.15) is 11.4 Å². The zero-order valence-corrected chi connectivity index (χ0v) is 13.5. The second-order valence-corrected chi connectivity index (χ2v) is 6.32. The molecule has 0 radical (unpaired) electrons. The number of aromatic nitrogens is 1. The SMILES string of the molecule is Cc1noc(C)c1CC(=O)NC[C@](O)(c1ccccc1)C1CC1. The number of aryl methyl sites for hydroxylation is 2. The van der Waals surface area contributed by atoms with Gasteiger partial charge in [0, 0.05) is 5.56 Å². The average molecular weight is 314 g/mol. The number of benzene rings is 1. The van der Waals surface area contributed by atoms with Crippen molar-refractivity contribution >= 4 is 5.91 Å². The number of hydrogen-bond acceptors (Lipinski definition) is 4. The van der Waals surface area contributed by atoms with Crippen LogP contribution in [0.2, 0.25) is 0 Å². The second-order valence-electron chi connectivity index (χ2n) is 6.32. The van der Waals surface area contributed by atoms with E-state index in [2.05, 4.69) is 10.5 Å². The van der Waals surface area contributed by atoms with Crippen LogP contribution < -0.4 is 5.32 Å². The number of nitrogens with one attached hydrogen (secondary N) is 1. The molecule has 1 saturated carbocycles. The maximum atomic E-state index is 12.2. The van der Waals surface area contributed by atoms with Gasteiger partial charge in [-0.25, -0.2) is 0 Å². The molecular formula is C18H22N2O3. The standard InChI is InChI=1S/C18H22N2O3/c1-12-16(13(2)23-20-12)10-17(21)19-11-18(22,15-8-9-15)14-6-4-3-5-7-14/h3-7,15,22H,8-11H2,1-2H3,(H,19,21)/t18-/m0/s1. The number of nitrogens with zero attached hydrogens (tertiary/aromatic N) is 1. The minimum atomic E-state index is -0.990. The molecule has 122 valence electrons. The highest BCUT2D eigenvalue weighted by atomic mass is 16.5. The predicted octanol–water partition coefficient (Wildman–Crippen LogP) is 2.25. The van der Waals surface area contributed by atoms with Gasteiger partial charge in [0.2, 0.25) is 5.91 Å². The first-order valence-corrected chi connectivity index (χ1v) is 7.97. The normalized spacial score (nSPS) is 16.8. The quantitative estimate of drug-likeness (QED) is 0.857. The van der Waals surface area contributed by atoms with Crippen molar-refractivity contribution in [1.82, 2.24) is 10.5 Å². The molecule has 5 heteroatoms. The van der Waals surface area contributed by atoms with E-state index in [0.29, 0.717) is 5.76 Å². The van der Waals surface area contributed by atoms with Crippen LogP contribution in [0.5, 0.6) is 0 Å². The Morgan fingerprint density at radius 3 is 2.61 bits per heavy atom. The van der Waals surface area contributed by atoms with E-state index in [1.54, 1.807) is 6.92 Å². The molecule has 1 atom stereocenters. The Kier molecular flexibility index (Phi) is 4.22. The summed E-state index contributed by atoms with van der Waals surface area (Å²) in [4.78, 5) is 12.2. The Hall–Kier alpha value is -2.14. The van der Waals surface area contributed by atoms with E-state index in [-0.39, 0.29) is 24.8 Å². The molecule has 5 nitrogen and oxygen atoms in total. The van der Waals surface area contributed by atoms with Crippen LogP contribution in [-0.2, 0) is 16.8 Å². The molecule has 0 aliphatic heterocycles. The highest BCUT2D eigenvalue weighted by molar-refractivity contribution is 5.79. The maximum Gasteiger partial charge on any atom is 0.224 e. The molecule has 2 N–H and O–H groups in total. The molecule has 1 aromatic heterocycles. The second kappa shape index (κ2) is 6.16. The monoisotopic (exact) mass is 314 g/mol. The first-order chi connectivity index (χ1) is 11.0. The third-order valence-electron chi connectivity index (χ3n) is 4.60. The number of aliphatic hydroxyl groups is 1. The number of hydrogen-bond donors (Lipinski definition) is 2. The van der Waals surface area contributed by atoms with E-state index >= 15 is 0 Å². The van der Waals surface area contributed by atoms with E-state index in [1.807, 2.05) is 37.3 Å². The summed E-state index contributed by atoms with van der Waals surface area (Å²) in [6.07, 6.45) is 2.20. The van der Waals surface area contributed by atoms with Crippen LogP contribution in [0.15, 0.2) is 34.9 Å². The van der Waals surface area contributed by atoms with Gasteiger partial charge in [-0.15, -0.1) is 0 Å². The van der Waals surface area contributed by atoms with Crippen molar-refractivity contribution in [3.05, 3.63) is 52.9 Å². The Balaban J connectivity index is 1.67. The van der Waals surface area contributed by atoms with Crippen molar-refractivity contribution in [1.29, 1.82) is 0 Å². The zero-order valence-electron chi connectivity index (χ0n) is 13.5. The Bertz CT molecular complexity index is 672. The van der Waals surface area contributed by atoms with Gasteiger partial charge in [-0.2, -0.15) is 0 Å². The molecule has 1 heterocycles. The zero-order chi connectivity index (χ0) is 16.4. The fourth-order valence-electron chi connectivity index (χ4n) is 2.98. The van der Waals surface area contributed by atoms with Gasteiger partial charge in [0.25, 0.3) is 0 Å². The third-order valence-corrected chi connectivity index (χ3v) is 4.60. The summed E-state index contributed by atoms with van der Waals surface area (Å²) in [5.74, 6) is 0.747. The minimum Gasteiger partial charge on any atom is -0.383 e. The Morgan fingerprint density at radius 1 is 1.35 bits per heavy atom. The van der Waals surface area contributed by atoms with Crippen LogP contribution in [0, 0.1) is 19.8 Å². The Morgan fingerprint density at radius 2 is 2.04 bits per heavy atom. The highest BCUT2D eigenvalue weighted by Gasteiger charge is 2.45. The topological polar surface area (TPSA) is 75.4 Å². The van der Waals surface area contributed by atoms with Gasteiger partial charge in [-0.3, -0.25) is 4.79 Å². The van der Waals surface area contributed by atoms with Crippen LogP contribution in [0.1, 0.15) is 35.4 Å². The molecule has 0 saturated heterocycles. The molecule has 0 unspecified atom stereocenters. The smallest absolute Gasteiger partial charge is 0.224 e. The predicted molar refractivity (Wildman–Crippen MR) is 85.8 cm³/mol. The minimum absolute atomic E-state index is 0.130. The largest absolute Gasteiger partial charge is 0.383 e. The molecule has 1 aromatic carbocycles. The van der Waals surface area contributed by atoms with E-state index in [1.165, 1.54) is 0 Å². The van der Waals surface area contributed by atoms with Gasteiger partial charge >= 0.3 is 0 Å². The fourth-order valence-corrected chi connectivity index (χ4v) is 2.98. The highest BCUT2D eigenvalue weighted by Crippen LogP contribution is 2.45. The van der Waals surface area contributed by atoms with Crippen molar-refractivity contribution in [3.63, 3.8) is 0 Å².